The fourth-order valence-electron chi connectivity index (χ4n) is 1.52. The second-order valence-electron chi connectivity index (χ2n) is 4.69. The number of rotatable bonds is 7. The zero-order valence-electron chi connectivity index (χ0n) is 12.9. The molecule has 0 saturated heterocycles. The van der Waals surface area contributed by atoms with Crippen LogP contribution < -0.4 is 10.1 Å². The minimum Gasteiger partial charge on any atom is -0.482 e. The molecule has 7 nitrogen and oxygen atoms in total. The van der Waals surface area contributed by atoms with Crippen molar-refractivity contribution in [3.05, 3.63) is 29.8 Å². The maximum atomic E-state index is 11.6. The fraction of sp³-hybridized carbons (Fsp3) is 0.400. The summed E-state index contributed by atoms with van der Waals surface area (Å²) in [6, 6.07) is 7.23. The van der Waals surface area contributed by atoms with Gasteiger partial charge in [0.1, 0.15) is 5.75 Å². The summed E-state index contributed by atoms with van der Waals surface area (Å²) in [5.74, 6) is -0.860. The lowest BCUT2D eigenvalue weighted by atomic mass is 10.2. The number of hydrogen-bond acceptors (Lipinski definition) is 5. The van der Waals surface area contributed by atoms with E-state index in [1.165, 1.54) is 19.0 Å². The lowest BCUT2D eigenvalue weighted by Gasteiger charge is -2.16. The maximum Gasteiger partial charge on any atom is 0.344 e. The molecule has 22 heavy (non-hydrogen) atoms. The highest BCUT2D eigenvalue weighted by Crippen LogP contribution is 2.12. The van der Waals surface area contributed by atoms with Crippen molar-refractivity contribution in [2.45, 2.75) is 6.92 Å². The van der Waals surface area contributed by atoms with Crippen molar-refractivity contribution < 1.29 is 23.9 Å². The van der Waals surface area contributed by atoms with E-state index < -0.39 is 18.5 Å². The first-order valence-electron chi connectivity index (χ1n) is 6.72. The van der Waals surface area contributed by atoms with Crippen molar-refractivity contribution in [2.75, 3.05) is 33.9 Å². The summed E-state index contributed by atoms with van der Waals surface area (Å²) < 4.78 is 10.1. The molecule has 0 bridgehead atoms. The molecule has 0 heterocycles. The summed E-state index contributed by atoms with van der Waals surface area (Å²) in [5.41, 5.74) is 1.01. The van der Waals surface area contributed by atoms with E-state index in [9.17, 15) is 14.4 Å². The molecular formula is C15H20N2O5. The molecule has 0 fully saturated rings. The highest BCUT2D eigenvalue weighted by molar-refractivity contribution is 5.86. The van der Waals surface area contributed by atoms with Crippen molar-refractivity contribution in [1.82, 2.24) is 10.2 Å². The number of likely N-dealkylation sites (N-methyl/N-ethyl adjacent to an activating group) is 2. The van der Waals surface area contributed by atoms with Gasteiger partial charge in [-0.1, -0.05) is 12.1 Å². The van der Waals surface area contributed by atoms with Gasteiger partial charge in [0, 0.05) is 14.1 Å². The molecule has 0 saturated carbocycles. The molecule has 0 aliphatic carbocycles. The smallest absolute Gasteiger partial charge is 0.344 e. The number of carbonyl (C=O) groups excluding carboxylic acids is 3. The summed E-state index contributed by atoms with van der Waals surface area (Å²) >= 11 is 0. The van der Waals surface area contributed by atoms with Crippen LogP contribution in [0.1, 0.15) is 5.56 Å². The molecule has 0 unspecified atom stereocenters. The first-order valence-corrected chi connectivity index (χ1v) is 6.72. The minimum atomic E-state index is -0.650. The van der Waals surface area contributed by atoms with Crippen LogP contribution in [-0.4, -0.2) is 56.5 Å². The number of nitrogens with one attached hydrogen (secondary N) is 1. The number of benzene rings is 1. The van der Waals surface area contributed by atoms with Gasteiger partial charge >= 0.3 is 5.97 Å². The third-order valence-corrected chi connectivity index (χ3v) is 2.79. The van der Waals surface area contributed by atoms with Crippen molar-refractivity contribution >= 4 is 17.8 Å². The number of hydrogen-bond donors (Lipinski definition) is 1. The fourth-order valence-corrected chi connectivity index (χ4v) is 1.52. The van der Waals surface area contributed by atoms with Crippen LogP contribution >= 0.6 is 0 Å². The van der Waals surface area contributed by atoms with Gasteiger partial charge in [0.15, 0.2) is 13.2 Å². The molecule has 0 aromatic heterocycles. The first kappa shape index (κ1) is 17.5. The van der Waals surface area contributed by atoms with Crippen LogP contribution in [0.2, 0.25) is 0 Å². The molecule has 7 heteroatoms. The Morgan fingerprint density at radius 1 is 1.23 bits per heavy atom. The molecular weight excluding hydrogens is 288 g/mol. The predicted octanol–water partition coefficient (Wildman–Crippen LogP) is 0.121. The van der Waals surface area contributed by atoms with Crippen LogP contribution in [-0.2, 0) is 19.1 Å². The van der Waals surface area contributed by atoms with Crippen LogP contribution in [0, 0.1) is 6.92 Å². The normalized spacial score (nSPS) is 9.77. The summed E-state index contributed by atoms with van der Waals surface area (Å²) in [7, 11) is 2.93. The lowest BCUT2D eigenvalue weighted by molar-refractivity contribution is -0.153. The van der Waals surface area contributed by atoms with E-state index in [-0.39, 0.29) is 19.1 Å². The molecule has 0 atom stereocenters. The molecule has 1 N–H and O–H groups in total. The zero-order chi connectivity index (χ0) is 16.5. The topological polar surface area (TPSA) is 84.9 Å². The summed E-state index contributed by atoms with van der Waals surface area (Å²) in [4.78, 5) is 35.4. The van der Waals surface area contributed by atoms with E-state index in [0.29, 0.717) is 5.75 Å². The van der Waals surface area contributed by atoms with Crippen molar-refractivity contribution in [3.8, 4) is 5.75 Å². The highest BCUT2D eigenvalue weighted by atomic mass is 16.6. The average molecular weight is 308 g/mol. The van der Waals surface area contributed by atoms with E-state index >= 15 is 0 Å². The van der Waals surface area contributed by atoms with Gasteiger partial charge in [-0.2, -0.15) is 0 Å². The van der Waals surface area contributed by atoms with Gasteiger partial charge in [0.05, 0.1) is 6.54 Å². The largest absolute Gasteiger partial charge is 0.482 e. The molecule has 1 aromatic rings. The number of esters is 1. The molecule has 0 aliphatic heterocycles. The lowest BCUT2D eigenvalue weighted by Crippen LogP contribution is -2.39. The van der Waals surface area contributed by atoms with Crippen molar-refractivity contribution in [1.29, 1.82) is 0 Å². The quantitative estimate of drug-likeness (QED) is 0.723. The Morgan fingerprint density at radius 2 is 1.95 bits per heavy atom. The second-order valence-corrected chi connectivity index (χ2v) is 4.69. The van der Waals surface area contributed by atoms with Gasteiger partial charge in [-0.15, -0.1) is 0 Å². The number of ether oxygens (including phenoxy) is 2. The van der Waals surface area contributed by atoms with Crippen LogP contribution in [0.4, 0.5) is 0 Å². The zero-order valence-corrected chi connectivity index (χ0v) is 12.9. The first-order chi connectivity index (χ1) is 10.4. The van der Waals surface area contributed by atoms with Crippen molar-refractivity contribution in [3.63, 3.8) is 0 Å². The van der Waals surface area contributed by atoms with Gasteiger partial charge in [-0.25, -0.2) is 4.79 Å². The third kappa shape index (κ3) is 6.25. The van der Waals surface area contributed by atoms with Crippen molar-refractivity contribution in [2.24, 2.45) is 0 Å². The molecule has 0 aliphatic rings. The SMILES string of the molecule is CNC(=O)CN(C)C(=O)COC(=O)COc1cccc(C)c1. The van der Waals surface area contributed by atoms with E-state index in [2.05, 4.69) is 5.32 Å². The Hall–Kier alpha value is -2.57. The average Bonchev–Trinajstić information content (AvgIpc) is 2.50. The molecule has 1 aromatic carbocycles. The van der Waals surface area contributed by atoms with Crippen LogP contribution in [0.15, 0.2) is 24.3 Å². The molecule has 1 rings (SSSR count). The molecule has 0 spiro atoms. The van der Waals surface area contributed by atoms with Gasteiger partial charge < -0.3 is 19.7 Å². The van der Waals surface area contributed by atoms with Gasteiger partial charge in [0.2, 0.25) is 5.91 Å². The summed E-state index contributed by atoms with van der Waals surface area (Å²) in [6.45, 7) is 1.11. The van der Waals surface area contributed by atoms with Crippen LogP contribution in [0.3, 0.4) is 0 Å². The number of aryl methyl sites for hydroxylation is 1. The third-order valence-electron chi connectivity index (χ3n) is 2.79. The van der Waals surface area contributed by atoms with Gasteiger partial charge in [0.25, 0.3) is 5.91 Å². The number of carbonyl (C=O) groups is 3. The van der Waals surface area contributed by atoms with E-state index in [1.54, 1.807) is 12.1 Å². The predicted molar refractivity (Wildman–Crippen MR) is 79.3 cm³/mol. The number of nitrogens with zero attached hydrogens (tertiary/aromatic N) is 1. The second kappa shape index (κ2) is 8.66. The number of amides is 2. The Labute approximate surface area is 129 Å². The monoisotopic (exact) mass is 308 g/mol. The highest BCUT2D eigenvalue weighted by Gasteiger charge is 2.14. The van der Waals surface area contributed by atoms with E-state index in [1.807, 2.05) is 19.1 Å². The summed E-state index contributed by atoms with van der Waals surface area (Å²) in [6.07, 6.45) is 0. The van der Waals surface area contributed by atoms with Gasteiger partial charge in [-0.05, 0) is 24.6 Å². The Kier molecular flexibility index (Phi) is 6.88. The Balaban J connectivity index is 2.30. The van der Waals surface area contributed by atoms with Crippen LogP contribution in [0.25, 0.3) is 0 Å². The van der Waals surface area contributed by atoms with E-state index in [0.717, 1.165) is 5.56 Å². The maximum absolute atomic E-state index is 11.6. The Bertz CT molecular complexity index is 544. The Morgan fingerprint density at radius 3 is 2.59 bits per heavy atom. The van der Waals surface area contributed by atoms with E-state index in [4.69, 9.17) is 9.47 Å². The van der Waals surface area contributed by atoms with Gasteiger partial charge in [-0.3, -0.25) is 9.59 Å². The standard InChI is InChI=1S/C15H20N2O5/c1-11-5-4-6-12(7-11)21-10-15(20)22-9-14(19)17(3)8-13(18)16-2/h4-7H,8-10H2,1-3H3,(H,16,18). The summed E-state index contributed by atoms with van der Waals surface area (Å²) in [5, 5.41) is 2.40. The minimum absolute atomic E-state index is 0.0906. The molecule has 2 amide bonds. The molecule has 0 radical (unpaired) electrons. The van der Waals surface area contributed by atoms with Crippen LogP contribution in [0.5, 0.6) is 5.75 Å². The molecule has 120 valence electrons.